The molecule has 0 saturated heterocycles. The first-order valence-corrected chi connectivity index (χ1v) is 6.76. The summed E-state index contributed by atoms with van der Waals surface area (Å²) in [6.45, 7) is 2.84. The Balaban J connectivity index is 1.77. The summed E-state index contributed by atoms with van der Waals surface area (Å²) in [6.07, 6.45) is 1.12. The highest BCUT2D eigenvalue weighted by Crippen LogP contribution is 2.19. The molecule has 2 atom stereocenters. The van der Waals surface area contributed by atoms with Gasteiger partial charge in [-0.05, 0) is 38.2 Å². The van der Waals surface area contributed by atoms with Gasteiger partial charge < -0.3 is 14.3 Å². The molecule has 108 valence electrons. The Hall–Kier alpha value is -1.78. The Morgan fingerprint density at radius 1 is 1.20 bits per heavy atom. The summed E-state index contributed by atoms with van der Waals surface area (Å²) >= 11 is 0. The minimum atomic E-state index is -0.544. The minimum absolute atomic E-state index is 0.122. The van der Waals surface area contributed by atoms with Gasteiger partial charge in [-0.3, -0.25) is 4.90 Å². The normalized spacial score (nSPS) is 14.2. The SMILES string of the molecule is CC(c1ccco1)N(C)CC(O)COc1ccccc1. The number of likely N-dealkylation sites (N-methyl/N-ethyl adjacent to an activating group) is 1. The second-order valence-electron chi connectivity index (χ2n) is 4.91. The van der Waals surface area contributed by atoms with Crippen LogP contribution in [0.1, 0.15) is 18.7 Å². The monoisotopic (exact) mass is 275 g/mol. The van der Waals surface area contributed by atoms with Crippen molar-refractivity contribution < 1.29 is 14.3 Å². The molecule has 1 aromatic carbocycles. The maximum absolute atomic E-state index is 10.0. The molecule has 0 aliphatic rings. The number of hydrogen-bond acceptors (Lipinski definition) is 4. The molecule has 2 aromatic rings. The molecule has 0 amide bonds. The summed E-state index contributed by atoms with van der Waals surface area (Å²) in [7, 11) is 1.96. The van der Waals surface area contributed by atoms with Crippen LogP contribution in [-0.4, -0.2) is 36.3 Å². The van der Waals surface area contributed by atoms with E-state index in [4.69, 9.17) is 9.15 Å². The highest BCUT2D eigenvalue weighted by Gasteiger charge is 2.17. The van der Waals surface area contributed by atoms with E-state index in [1.807, 2.05) is 61.3 Å². The van der Waals surface area contributed by atoms with Gasteiger partial charge in [-0.15, -0.1) is 0 Å². The van der Waals surface area contributed by atoms with Crippen molar-refractivity contribution in [1.82, 2.24) is 4.90 Å². The molecule has 0 aliphatic heterocycles. The van der Waals surface area contributed by atoms with Crippen molar-refractivity contribution in [3.63, 3.8) is 0 Å². The number of hydrogen-bond donors (Lipinski definition) is 1. The minimum Gasteiger partial charge on any atom is -0.491 e. The average Bonchev–Trinajstić information content (AvgIpc) is 2.99. The lowest BCUT2D eigenvalue weighted by Crippen LogP contribution is -2.34. The molecule has 0 radical (unpaired) electrons. The highest BCUT2D eigenvalue weighted by atomic mass is 16.5. The van der Waals surface area contributed by atoms with Gasteiger partial charge in [-0.25, -0.2) is 0 Å². The van der Waals surface area contributed by atoms with E-state index in [0.29, 0.717) is 6.54 Å². The van der Waals surface area contributed by atoms with Crippen molar-refractivity contribution in [2.45, 2.75) is 19.1 Å². The first-order chi connectivity index (χ1) is 9.66. The quantitative estimate of drug-likeness (QED) is 0.844. The predicted molar refractivity (Wildman–Crippen MR) is 77.7 cm³/mol. The molecule has 0 bridgehead atoms. The Kier molecular flexibility index (Phi) is 5.21. The maximum Gasteiger partial charge on any atom is 0.120 e. The first kappa shape index (κ1) is 14.6. The topological polar surface area (TPSA) is 45.8 Å². The van der Waals surface area contributed by atoms with E-state index in [1.54, 1.807) is 6.26 Å². The van der Waals surface area contributed by atoms with Crippen LogP contribution in [0.3, 0.4) is 0 Å². The lowest BCUT2D eigenvalue weighted by Gasteiger charge is -2.25. The van der Waals surface area contributed by atoms with Gasteiger partial charge in [0.25, 0.3) is 0 Å². The van der Waals surface area contributed by atoms with E-state index in [2.05, 4.69) is 0 Å². The summed E-state index contributed by atoms with van der Waals surface area (Å²) in [4.78, 5) is 2.04. The van der Waals surface area contributed by atoms with Crippen molar-refractivity contribution in [3.05, 3.63) is 54.5 Å². The molecule has 20 heavy (non-hydrogen) atoms. The van der Waals surface area contributed by atoms with Gasteiger partial charge in [0.15, 0.2) is 0 Å². The summed E-state index contributed by atoms with van der Waals surface area (Å²) in [6, 6.07) is 13.4. The molecule has 1 N–H and O–H groups in total. The Labute approximate surface area is 119 Å². The van der Waals surface area contributed by atoms with Gasteiger partial charge in [0.1, 0.15) is 24.2 Å². The summed E-state index contributed by atoms with van der Waals surface area (Å²) in [5.41, 5.74) is 0. The molecular formula is C16H21NO3. The third-order valence-electron chi connectivity index (χ3n) is 3.30. The molecule has 0 spiro atoms. The van der Waals surface area contributed by atoms with Gasteiger partial charge >= 0.3 is 0 Å². The van der Waals surface area contributed by atoms with Crippen molar-refractivity contribution in [1.29, 1.82) is 0 Å². The molecule has 1 heterocycles. The number of benzene rings is 1. The third-order valence-corrected chi connectivity index (χ3v) is 3.30. The third kappa shape index (κ3) is 4.11. The summed E-state index contributed by atoms with van der Waals surface area (Å²) < 4.78 is 10.9. The zero-order chi connectivity index (χ0) is 14.4. The van der Waals surface area contributed by atoms with Crippen molar-refractivity contribution >= 4 is 0 Å². The molecule has 2 rings (SSSR count). The predicted octanol–water partition coefficient (Wildman–Crippen LogP) is 2.71. The number of para-hydroxylation sites is 1. The van der Waals surface area contributed by atoms with Crippen LogP contribution in [0.15, 0.2) is 53.1 Å². The fraction of sp³-hybridized carbons (Fsp3) is 0.375. The van der Waals surface area contributed by atoms with E-state index < -0.39 is 6.10 Å². The molecule has 4 nitrogen and oxygen atoms in total. The van der Waals surface area contributed by atoms with E-state index in [9.17, 15) is 5.11 Å². The molecule has 2 unspecified atom stereocenters. The van der Waals surface area contributed by atoms with Crippen LogP contribution >= 0.6 is 0 Å². The summed E-state index contributed by atoms with van der Waals surface area (Å²) in [5, 5.41) is 10.0. The number of rotatable bonds is 7. The number of ether oxygens (including phenoxy) is 1. The standard InChI is InChI=1S/C16H21NO3/c1-13(16-9-6-10-19-16)17(2)11-14(18)12-20-15-7-4-3-5-8-15/h3-10,13-14,18H,11-12H2,1-2H3. The van der Waals surface area contributed by atoms with Gasteiger partial charge in [0.05, 0.1) is 12.3 Å². The zero-order valence-corrected chi connectivity index (χ0v) is 11.9. The molecular weight excluding hydrogens is 254 g/mol. The van der Waals surface area contributed by atoms with Crippen LogP contribution in [0.4, 0.5) is 0 Å². The van der Waals surface area contributed by atoms with Crippen molar-refractivity contribution in [2.75, 3.05) is 20.2 Å². The first-order valence-electron chi connectivity index (χ1n) is 6.76. The van der Waals surface area contributed by atoms with E-state index in [1.165, 1.54) is 0 Å². The van der Waals surface area contributed by atoms with Crippen LogP contribution in [0.5, 0.6) is 5.75 Å². The number of nitrogens with zero attached hydrogens (tertiary/aromatic N) is 1. The number of aliphatic hydroxyl groups is 1. The smallest absolute Gasteiger partial charge is 0.120 e. The molecule has 1 aromatic heterocycles. The van der Waals surface area contributed by atoms with Crippen LogP contribution in [0, 0.1) is 0 Å². The van der Waals surface area contributed by atoms with E-state index in [-0.39, 0.29) is 12.6 Å². The second kappa shape index (κ2) is 7.12. The number of aliphatic hydroxyl groups excluding tert-OH is 1. The largest absolute Gasteiger partial charge is 0.491 e. The molecule has 4 heteroatoms. The van der Waals surface area contributed by atoms with E-state index >= 15 is 0 Å². The Morgan fingerprint density at radius 2 is 1.95 bits per heavy atom. The summed E-state index contributed by atoms with van der Waals surface area (Å²) in [5.74, 6) is 1.66. The van der Waals surface area contributed by atoms with Crippen LogP contribution in [0.25, 0.3) is 0 Å². The Bertz CT molecular complexity index is 484. The van der Waals surface area contributed by atoms with Gasteiger partial charge in [-0.1, -0.05) is 18.2 Å². The van der Waals surface area contributed by atoms with Crippen LogP contribution in [0.2, 0.25) is 0 Å². The number of furan rings is 1. The maximum atomic E-state index is 10.0. The molecule has 0 aliphatic carbocycles. The molecule has 0 saturated carbocycles. The average molecular weight is 275 g/mol. The highest BCUT2D eigenvalue weighted by molar-refractivity contribution is 5.20. The fourth-order valence-electron chi connectivity index (χ4n) is 2.00. The fourth-order valence-corrected chi connectivity index (χ4v) is 2.00. The van der Waals surface area contributed by atoms with Gasteiger partial charge in [0, 0.05) is 6.54 Å². The van der Waals surface area contributed by atoms with Crippen molar-refractivity contribution in [2.24, 2.45) is 0 Å². The molecule has 0 fully saturated rings. The van der Waals surface area contributed by atoms with Crippen LogP contribution in [-0.2, 0) is 0 Å². The van der Waals surface area contributed by atoms with Crippen molar-refractivity contribution in [3.8, 4) is 5.75 Å². The van der Waals surface area contributed by atoms with E-state index in [0.717, 1.165) is 11.5 Å². The Morgan fingerprint density at radius 3 is 2.60 bits per heavy atom. The second-order valence-corrected chi connectivity index (χ2v) is 4.91. The zero-order valence-electron chi connectivity index (χ0n) is 11.9. The lowest BCUT2D eigenvalue weighted by molar-refractivity contribution is 0.0622. The van der Waals surface area contributed by atoms with Gasteiger partial charge in [-0.2, -0.15) is 0 Å². The van der Waals surface area contributed by atoms with Crippen LogP contribution < -0.4 is 4.74 Å². The van der Waals surface area contributed by atoms with Gasteiger partial charge in [0.2, 0.25) is 0 Å². The lowest BCUT2D eigenvalue weighted by atomic mass is 10.2.